The van der Waals surface area contributed by atoms with E-state index in [1.54, 1.807) is 30.3 Å². The highest BCUT2D eigenvalue weighted by atomic mass is 16.5. The summed E-state index contributed by atoms with van der Waals surface area (Å²) in [7, 11) is 0. The van der Waals surface area contributed by atoms with Crippen LogP contribution >= 0.6 is 0 Å². The Hall–Kier alpha value is -2.97. The molecule has 0 saturated carbocycles. The van der Waals surface area contributed by atoms with Gasteiger partial charge in [0.1, 0.15) is 12.0 Å². The lowest BCUT2D eigenvalue weighted by Crippen LogP contribution is -2.37. The number of nitrogens with one attached hydrogen (secondary N) is 1. The molecule has 0 aliphatic rings. The number of carbonyl (C=O) groups is 1. The summed E-state index contributed by atoms with van der Waals surface area (Å²) in [5.74, 6) is 1.97. The maximum atomic E-state index is 11.1. The van der Waals surface area contributed by atoms with Crippen molar-refractivity contribution >= 4 is 11.7 Å². The van der Waals surface area contributed by atoms with E-state index in [2.05, 4.69) is 11.2 Å². The first kappa shape index (κ1) is 18.4. The minimum absolute atomic E-state index is 0.378. The number of hydrogen-bond donors (Lipinski definition) is 3. The van der Waals surface area contributed by atoms with Gasteiger partial charge in [-0.15, -0.1) is 6.42 Å². The highest BCUT2D eigenvalue weighted by Crippen LogP contribution is 2.20. The molecule has 0 aliphatic carbocycles. The number of terminal acetylenes is 1. The van der Waals surface area contributed by atoms with Gasteiger partial charge in [-0.25, -0.2) is 4.79 Å². The Balaban J connectivity index is 1.96. The van der Waals surface area contributed by atoms with E-state index in [0.717, 1.165) is 16.8 Å². The van der Waals surface area contributed by atoms with Gasteiger partial charge >= 0.3 is 5.97 Å². The molecule has 0 spiro atoms. The van der Waals surface area contributed by atoms with E-state index in [1.807, 2.05) is 18.2 Å². The smallest absolute Gasteiger partial charge is 0.347 e. The average molecular weight is 339 g/mol. The molecule has 5 nitrogen and oxygen atoms in total. The van der Waals surface area contributed by atoms with Crippen LogP contribution in [0.1, 0.15) is 25.0 Å². The molecular weight excluding hydrogens is 318 g/mol. The van der Waals surface area contributed by atoms with E-state index in [1.165, 1.54) is 13.8 Å². The lowest BCUT2D eigenvalue weighted by molar-refractivity contribution is -0.152. The third kappa shape index (κ3) is 5.27. The molecule has 5 heteroatoms. The zero-order valence-electron chi connectivity index (χ0n) is 14.2. The van der Waals surface area contributed by atoms with Gasteiger partial charge in [-0.1, -0.05) is 24.1 Å². The van der Waals surface area contributed by atoms with Gasteiger partial charge in [0.05, 0.1) is 0 Å². The van der Waals surface area contributed by atoms with Crippen LogP contribution < -0.4 is 10.1 Å². The zero-order valence-corrected chi connectivity index (χ0v) is 14.2. The van der Waals surface area contributed by atoms with Crippen molar-refractivity contribution in [3.63, 3.8) is 0 Å². The molecule has 130 valence electrons. The summed E-state index contributed by atoms with van der Waals surface area (Å²) in [6.07, 6.45) is 4.96. The molecule has 2 rings (SSSR count). The lowest BCUT2D eigenvalue weighted by Gasteiger charge is -2.21. The molecule has 1 atom stereocenters. The van der Waals surface area contributed by atoms with Crippen LogP contribution in [0.3, 0.4) is 0 Å². The van der Waals surface area contributed by atoms with Gasteiger partial charge in [0.25, 0.3) is 0 Å². The third-order valence-corrected chi connectivity index (χ3v) is 3.60. The van der Waals surface area contributed by atoms with E-state index in [9.17, 15) is 9.90 Å². The predicted molar refractivity (Wildman–Crippen MR) is 96.5 cm³/mol. The summed E-state index contributed by atoms with van der Waals surface area (Å²) in [6.45, 7) is 2.97. The van der Waals surface area contributed by atoms with Gasteiger partial charge in [-0.2, -0.15) is 0 Å². The van der Waals surface area contributed by atoms with Crippen molar-refractivity contribution in [2.75, 3.05) is 5.32 Å². The Morgan fingerprint density at radius 3 is 2.56 bits per heavy atom. The third-order valence-electron chi connectivity index (χ3n) is 3.60. The Kier molecular flexibility index (Phi) is 5.68. The number of rotatable bonds is 7. The molecule has 0 bridgehead atoms. The fourth-order valence-corrected chi connectivity index (χ4v) is 2.20. The van der Waals surface area contributed by atoms with Crippen molar-refractivity contribution < 1.29 is 19.7 Å². The van der Waals surface area contributed by atoms with Crippen molar-refractivity contribution in [1.82, 2.24) is 0 Å². The molecule has 0 heterocycles. The predicted octanol–water partition coefficient (Wildman–Crippen LogP) is 2.88. The number of carboxylic acids is 1. The van der Waals surface area contributed by atoms with Gasteiger partial charge in [-0.05, 0) is 49.7 Å². The quantitative estimate of drug-likeness (QED) is 0.534. The lowest BCUT2D eigenvalue weighted by atomic mass is 10.1. The molecule has 2 aromatic carbocycles. The number of hydrogen-bond acceptors (Lipinski definition) is 4. The van der Waals surface area contributed by atoms with Crippen LogP contribution in [0, 0.1) is 12.3 Å². The number of aliphatic hydroxyl groups is 1. The molecule has 0 amide bonds. The van der Waals surface area contributed by atoms with E-state index >= 15 is 0 Å². The van der Waals surface area contributed by atoms with E-state index in [-0.39, 0.29) is 0 Å². The molecule has 2 aromatic rings. The molecule has 0 aromatic heterocycles. The van der Waals surface area contributed by atoms with E-state index in [0.29, 0.717) is 12.2 Å². The van der Waals surface area contributed by atoms with E-state index < -0.39 is 17.8 Å². The van der Waals surface area contributed by atoms with Crippen LogP contribution in [0.4, 0.5) is 5.69 Å². The van der Waals surface area contributed by atoms with Gasteiger partial charge in [-0.3, -0.25) is 0 Å². The van der Waals surface area contributed by atoms with Gasteiger partial charge < -0.3 is 20.3 Å². The topological polar surface area (TPSA) is 78.8 Å². The minimum atomic E-state index is -1.30. The largest absolute Gasteiger partial charge is 0.478 e. The molecule has 3 N–H and O–H groups in total. The normalized spacial score (nSPS) is 12.1. The standard InChI is InChI=1S/C20H21NO4/c1-4-14-6-5-7-16(12-14)21-18(22)13-15-8-10-17(11-9-15)25-20(2,3)19(23)24/h1,5-12,18,21-22H,13H2,2-3H3,(H,23,24). The summed E-state index contributed by atoms with van der Waals surface area (Å²) < 4.78 is 5.45. The number of carboxylic acid groups (broad SMARTS) is 1. The molecule has 0 saturated heterocycles. The van der Waals surface area contributed by atoms with Crippen LogP contribution in [0.5, 0.6) is 5.75 Å². The highest BCUT2D eigenvalue weighted by Gasteiger charge is 2.29. The van der Waals surface area contributed by atoms with Crippen molar-refractivity contribution in [2.24, 2.45) is 0 Å². The molecule has 0 aliphatic heterocycles. The summed E-state index contributed by atoms with van der Waals surface area (Å²) >= 11 is 0. The van der Waals surface area contributed by atoms with Crippen LogP contribution in [0.2, 0.25) is 0 Å². The number of anilines is 1. The molecule has 0 radical (unpaired) electrons. The van der Waals surface area contributed by atoms with Crippen LogP contribution in [0.15, 0.2) is 48.5 Å². The average Bonchev–Trinajstić information content (AvgIpc) is 2.56. The Bertz CT molecular complexity index is 775. The number of ether oxygens (including phenoxy) is 1. The second-order valence-corrected chi connectivity index (χ2v) is 6.15. The SMILES string of the molecule is C#Cc1cccc(NC(O)Cc2ccc(OC(C)(C)C(=O)O)cc2)c1. The first-order valence-electron chi connectivity index (χ1n) is 7.83. The Labute approximate surface area is 147 Å². The van der Waals surface area contributed by atoms with Gasteiger partial charge in [0.2, 0.25) is 0 Å². The maximum absolute atomic E-state index is 11.1. The van der Waals surface area contributed by atoms with Crippen LogP contribution in [-0.2, 0) is 11.2 Å². The molecular formula is C20H21NO4. The maximum Gasteiger partial charge on any atom is 0.347 e. The Morgan fingerprint density at radius 1 is 1.28 bits per heavy atom. The summed E-state index contributed by atoms with van der Waals surface area (Å²) in [5, 5.41) is 22.2. The monoisotopic (exact) mass is 339 g/mol. The molecule has 0 fully saturated rings. The first-order chi connectivity index (χ1) is 11.8. The van der Waals surface area contributed by atoms with Crippen molar-refractivity contribution in [3.05, 3.63) is 59.7 Å². The fraction of sp³-hybridized carbons (Fsp3) is 0.250. The van der Waals surface area contributed by atoms with Gasteiger partial charge in [0, 0.05) is 17.7 Å². The molecule has 1 unspecified atom stereocenters. The van der Waals surface area contributed by atoms with Crippen LogP contribution in [0.25, 0.3) is 0 Å². The summed E-state index contributed by atoms with van der Waals surface area (Å²) in [5.41, 5.74) is 1.06. The first-order valence-corrected chi connectivity index (χ1v) is 7.83. The number of benzene rings is 2. The summed E-state index contributed by atoms with van der Waals surface area (Å²) in [4.78, 5) is 11.1. The van der Waals surface area contributed by atoms with Crippen molar-refractivity contribution in [2.45, 2.75) is 32.1 Å². The zero-order chi connectivity index (χ0) is 18.4. The minimum Gasteiger partial charge on any atom is -0.478 e. The van der Waals surface area contributed by atoms with Gasteiger partial charge in [0.15, 0.2) is 5.60 Å². The second-order valence-electron chi connectivity index (χ2n) is 6.15. The van der Waals surface area contributed by atoms with Crippen LogP contribution in [-0.4, -0.2) is 28.0 Å². The van der Waals surface area contributed by atoms with Crippen molar-refractivity contribution in [3.8, 4) is 18.1 Å². The second kappa shape index (κ2) is 7.73. The highest BCUT2D eigenvalue weighted by molar-refractivity contribution is 5.76. The number of aliphatic hydroxyl groups excluding tert-OH is 1. The Morgan fingerprint density at radius 2 is 1.96 bits per heavy atom. The number of aliphatic carboxylic acids is 1. The molecule has 25 heavy (non-hydrogen) atoms. The summed E-state index contributed by atoms with van der Waals surface area (Å²) in [6, 6.07) is 14.2. The van der Waals surface area contributed by atoms with E-state index in [4.69, 9.17) is 16.3 Å². The van der Waals surface area contributed by atoms with Crippen molar-refractivity contribution in [1.29, 1.82) is 0 Å². The fourth-order valence-electron chi connectivity index (χ4n) is 2.20.